The maximum absolute atomic E-state index is 13.1. The molecule has 0 saturated carbocycles. The van der Waals surface area contributed by atoms with Crippen LogP contribution in [0.25, 0.3) is 17.0 Å². The number of aliphatic hydroxyl groups is 1. The summed E-state index contributed by atoms with van der Waals surface area (Å²) in [7, 11) is 0. The van der Waals surface area contributed by atoms with Crippen LogP contribution in [0.1, 0.15) is 17.0 Å². The van der Waals surface area contributed by atoms with E-state index in [2.05, 4.69) is 19.9 Å². The Morgan fingerprint density at radius 3 is 2.44 bits per heavy atom. The molecule has 0 saturated heterocycles. The first-order valence-electron chi connectivity index (χ1n) is 9.91. The van der Waals surface area contributed by atoms with Crippen LogP contribution in [-0.4, -0.2) is 44.5 Å². The van der Waals surface area contributed by atoms with Crippen LogP contribution in [0.2, 0.25) is 0 Å². The van der Waals surface area contributed by atoms with Crippen LogP contribution in [0.3, 0.4) is 0 Å². The van der Waals surface area contributed by atoms with Crippen LogP contribution >= 0.6 is 0 Å². The molecule has 0 aliphatic heterocycles. The zero-order valence-electron chi connectivity index (χ0n) is 17.3. The Morgan fingerprint density at radius 1 is 1.00 bits per heavy atom. The molecule has 1 unspecified atom stereocenters. The molecule has 4 aromatic rings. The highest BCUT2D eigenvalue weighted by Gasteiger charge is 2.31. The Balaban J connectivity index is 1.60. The Hall–Kier alpha value is -3.80. The summed E-state index contributed by atoms with van der Waals surface area (Å²) in [5.41, 5.74) is 0.269. The molecule has 0 bridgehead atoms. The number of benzene rings is 2. The molecule has 7 nitrogen and oxygen atoms in total. The van der Waals surface area contributed by atoms with E-state index >= 15 is 0 Å². The van der Waals surface area contributed by atoms with Gasteiger partial charge in [-0.3, -0.25) is 4.98 Å². The first-order chi connectivity index (χ1) is 16.3. The van der Waals surface area contributed by atoms with Crippen molar-refractivity contribution < 1.29 is 36.5 Å². The van der Waals surface area contributed by atoms with Crippen molar-refractivity contribution >= 4 is 5.65 Å². The minimum absolute atomic E-state index is 0.0300. The number of aliphatic hydroxyl groups excluding tert-OH is 1. The molecule has 12 heteroatoms. The first kappa shape index (κ1) is 23.4. The summed E-state index contributed by atoms with van der Waals surface area (Å²) in [6.07, 6.45) is -1.72. The van der Waals surface area contributed by atoms with Crippen molar-refractivity contribution in [2.45, 2.75) is 18.7 Å². The van der Waals surface area contributed by atoms with E-state index in [4.69, 9.17) is 4.74 Å². The molecule has 34 heavy (non-hydrogen) atoms. The third kappa shape index (κ3) is 5.06. The number of hydrogen-bond donors (Lipinski definition) is 1. The molecule has 2 heterocycles. The van der Waals surface area contributed by atoms with E-state index in [0.29, 0.717) is 17.0 Å². The van der Waals surface area contributed by atoms with Crippen LogP contribution < -0.4 is 9.47 Å². The van der Waals surface area contributed by atoms with E-state index < -0.39 is 30.9 Å². The van der Waals surface area contributed by atoms with Gasteiger partial charge in [0.25, 0.3) is 0 Å². The van der Waals surface area contributed by atoms with E-state index in [1.807, 2.05) is 0 Å². The lowest BCUT2D eigenvalue weighted by Crippen LogP contribution is -2.16. The number of ether oxygens (including phenoxy) is 2. The number of halogens is 5. The predicted molar refractivity (Wildman–Crippen MR) is 110 cm³/mol. The van der Waals surface area contributed by atoms with Crippen LogP contribution in [-0.2, 0) is 6.18 Å². The fourth-order valence-corrected chi connectivity index (χ4v) is 3.31. The maximum Gasteiger partial charge on any atom is 0.416 e. The van der Waals surface area contributed by atoms with Crippen molar-refractivity contribution in [3.05, 3.63) is 72.1 Å². The number of alkyl halides is 5. The van der Waals surface area contributed by atoms with E-state index in [9.17, 15) is 27.1 Å². The van der Waals surface area contributed by atoms with Crippen molar-refractivity contribution in [1.29, 1.82) is 0 Å². The van der Waals surface area contributed by atoms with Gasteiger partial charge in [-0.15, -0.1) is 10.2 Å². The van der Waals surface area contributed by atoms with Crippen LogP contribution in [0, 0.1) is 0 Å². The number of hydrogen-bond acceptors (Lipinski definition) is 6. The first-order valence-corrected chi connectivity index (χ1v) is 9.91. The largest absolute Gasteiger partial charge is 0.477 e. The molecule has 178 valence electrons. The van der Waals surface area contributed by atoms with Gasteiger partial charge in [0.05, 0.1) is 31.2 Å². The third-order valence-electron chi connectivity index (χ3n) is 4.96. The SMILES string of the molecule is OCC(COc1cncc2nnc(-c3ccc(OC(F)F)cc3)n12)c1cccc(C(F)(F)F)c1. The zero-order chi connectivity index (χ0) is 24.3. The molecule has 0 fully saturated rings. The number of fused-ring (bicyclic) bond motifs is 1. The van der Waals surface area contributed by atoms with Gasteiger partial charge in [0.15, 0.2) is 11.5 Å². The molecule has 4 rings (SSSR count). The normalized spacial score (nSPS) is 12.8. The number of nitrogens with zero attached hydrogens (tertiary/aromatic N) is 4. The van der Waals surface area contributed by atoms with E-state index in [-0.39, 0.29) is 23.8 Å². The summed E-state index contributed by atoms with van der Waals surface area (Å²) in [5.74, 6) is -0.285. The van der Waals surface area contributed by atoms with Gasteiger partial charge >= 0.3 is 12.8 Å². The second-order valence-electron chi connectivity index (χ2n) is 7.18. The third-order valence-corrected chi connectivity index (χ3v) is 4.96. The summed E-state index contributed by atoms with van der Waals surface area (Å²) in [5, 5.41) is 17.9. The standard InChI is InChI=1S/C22H17F5N4O3/c23-21(24)34-17-6-4-13(5-7-17)20-30-29-18-9-28-10-19(31(18)20)33-12-15(11-32)14-2-1-3-16(8-14)22(25,26)27/h1-10,15,21,32H,11-12H2. The summed E-state index contributed by atoms with van der Waals surface area (Å²) < 4.78 is 75.6. The molecule has 2 aromatic heterocycles. The number of aromatic nitrogens is 4. The quantitative estimate of drug-likeness (QED) is 0.372. The van der Waals surface area contributed by atoms with Crippen molar-refractivity contribution in [2.24, 2.45) is 0 Å². The van der Waals surface area contributed by atoms with Crippen molar-refractivity contribution in [3.8, 4) is 23.0 Å². The summed E-state index contributed by atoms with van der Waals surface area (Å²) >= 11 is 0. The Bertz CT molecular complexity index is 1260. The molecule has 0 spiro atoms. The molecule has 2 aromatic carbocycles. The van der Waals surface area contributed by atoms with Gasteiger partial charge in [-0.1, -0.05) is 18.2 Å². The minimum atomic E-state index is -4.51. The van der Waals surface area contributed by atoms with Gasteiger partial charge in [0.2, 0.25) is 5.88 Å². The van der Waals surface area contributed by atoms with E-state index in [0.717, 1.165) is 12.1 Å². The average molecular weight is 480 g/mol. The van der Waals surface area contributed by atoms with E-state index in [1.54, 1.807) is 0 Å². The zero-order valence-corrected chi connectivity index (χ0v) is 17.3. The molecule has 0 aliphatic carbocycles. The summed E-state index contributed by atoms with van der Waals surface area (Å²) in [6, 6.07) is 10.4. The van der Waals surface area contributed by atoms with Crippen LogP contribution in [0.4, 0.5) is 22.0 Å². The van der Waals surface area contributed by atoms with Crippen molar-refractivity contribution in [3.63, 3.8) is 0 Å². The predicted octanol–water partition coefficient (Wildman–Crippen LogP) is 4.57. The Morgan fingerprint density at radius 2 is 1.76 bits per heavy atom. The van der Waals surface area contributed by atoms with Gasteiger partial charge < -0.3 is 14.6 Å². The highest BCUT2D eigenvalue weighted by atomic mass is 19.4. The monoisotopic (exact) mass is 480 g/mol. The highest BCUT2D eigenvalue weighted by Crippen LogP contribution is 2.31. The number of rotatable bonds is 8. The van der Waals surface area contributed by atoms with Gasteiger partial charge in [-0.05, 0) is 35.9 Å². The molecular weight excluding hydrogens is 463 g/mol. The van der Waals surface area contributed by atoms with Gasteiger partial charge in [-0.2, -0.15) is 22.0 Å². The average Bonchev–Trinajstić information content (AvgIpc) is 3.24. The van der Waals surface area contributed by atoms with Crippen molar-refractivity contribution in [2.75, 3.05) is 13.2 Å². The lowest BCUT2D eigenvalue weighted by molar-refractivity contribution is -0.137. The summed E-state index contributed by atoms with van der Waals surface area (Å²) in [6.45, 7) is -3.56. The topological polar surface area (TPSA) is 81.8 Å². The van der Waals surface area contributed by atoms with Gasteiger partial charge in [0, 0.05) is 11.5 Å². The van der Waals surface area contributed by atoms with Crippen LogP contribution in [0.5, 0.6) is 11.6 Å². The Labute approximate surface area is 189 Å². The van der Waals surface area contributed by atoms with Crippen molar-refractivity contribution in [1.82, 2.24) is 19.6 Å². The smallest absolute Gasteiger partial charge is 0.416 e. The fraction of sp³-hybridized carbons (Fsp3) is 0.227. The molecule has 0 aliphatic rings. The van der Waals surface area contributed by atoms with Gasteiger partial charge in [0.1, 0.15) is 5.75 Å². The lowest BCUT2D eigenvalue weighted by Gasteiger charge is -2.18. The van der Waals surface area contributed by atoms with Crippen LogP contribution in [0.15, 0.2) is 60.9 Å². The molecular formula is C22H17F5N4O3. The second kappa shape index (κ2) is 9.59. The van der Waals surface area contributed by atoms with E-state index in [1.165, 1.54) is 53.2 Å². The summed E-state index contributed by atoms with van der Waals surface area (Å²) in [4.78, 5) is 4.03. The molecule has 0 radical (unpaired) electrons. The highest BCUT2D eigenvalue weighted by molar-refractivity contribution is 5.61. The minimum Gasteiger partial charge on any atom is -0.477 e. The fourth-order valence-electron chi connectivity index (χ4n) is 3.31. The molecule has 0 amide bonds. The maximum atomic E-state index is 13.1. The molecule has 1 atom stereocenters. The molecule has 1 N–H and O–H groups in total. The second-order valence-corrected chi connectivity index (χ2v) is 7.18. The lowest BCUT2D eigenvalue weighted by atomic mass is 9.98. The van der Waals surface area contributed by atoms with Gasteiger partial charge in [-0.25, -0.2) is 4.40 Å². The Kier molecular flexibility index (Phi) is 6.59.